The van der Waals surface area contributed by atoms with Crippen molar-refractivity contribution in [2.75, 3.05) is 6.61 Å². The quantitative estimate of drug-likeness (QED) is 0.558. The monoisotopic (exact) mass is 160 g/mol. The predicted molar refractivity (Wildman–Crippen MR) is 20.9 cm³/mol. The van der Waals surface area contributed by atoms with Crippen molar-refractivity contribution in [2.45, 2.75) is 5.08 Å². The highest BCUT2D eigenvalue weighted by Crippen LogP contribution is 1.99. The van der Waals surface area contributed by atoms with Crippen LogP contribution in [0.15, 0.2) is 0 Å². The largest absolute Gasteiger partial charge is 0.232 e. The number of halogens is 3. The van der Waals surface area contributed by atoms with Crippen LogP contribution < -0.4 is 0 Å². The zero-order valence-electron chi connectivity index (χ0n) is 2.83. The van der Waals surface area contributed by atoms with Crippen LogP contribution in [-0.2, 0) is 4.94 Å². The average molecular weight is 161 g/mol. The lowest BCUT2D eigenvalue weighted by Crippen LogP contribution is -1.94. The second-order valence-corrected chi connectivity index (χ2v) is 1.66. The second-order valence-electron chi connectivity index (χ2n) is 0.667. The first kappa shape index (κ1) is 6.30. The molecule has 0 radical (unpaired) electrons. The van der Waals surface area contributed by atoms with Gasteiger partial charge in [-0.2, -0.15) is 4.94 Å². The van der Waals surface area contributed by atoms with E-state index in [1.165, 1.54) is 0 Å². The van der Waals surface area contributed by atoms with Crippen molar-refractivity contribution in [2.24, 2.45) is 0 Å². The van der Waals surface area contributed by atoms with Gasteiger partial charge in [-0.15, -0.1) is 0 Å². The van der Waals surface area contributed by atoms with Gasteiger partial charge < -0.3 is 0 Å². The number of hydrogen-bond acceptors (Lipinski definition) is 1. The zero-order valence-corrected chi connectivity index (χ0v) is 4.41. The van der Waals surface area contributed by atoms with Crippen molar-refractivity contribution in [1.29, 1.82) is 0 Å². The molecule has 0 aliphatic heterocycles. The van der Waals surface area contributed by atoms with E-state index in [0.717, 1.165) is 0 Å². The van der Waals surface area contributed by atoms with Crippen LogP contribution in [-0.4, -0.2) is 11.7 Å². The molecule has 0 saturated heterocycles. The molecule has 1 unspecified atom stereocenters. The van der Waals surface area contributed by atoms with Crippen LogP contribution in [0.3, 0.4) is 0 Å². The van der Waals surface area contributed by atoms with E-state index in [-0.39, 0.29) is 0 Å². The molecule has 0 aromatic rings. The minimum absolute atomic E-state index is 0.542. The van der Waals surface area contributed by atoms with Crippen LogP contribution in [0.1, 0.15) is 0 Å². The van der Waals surface area contributed by atoms with Crippen LogP contribution in [0.4, 0.5) is 8.92 Å². The Morgan fingerprint density at radius 3 is 2.33 bits per heavy atom. The molecule has 1 nitrogen and oxygen atoms in total. The summed E-state index contributed by atoms with van der Waals surface area (Å²) in [6, 6.07) is 0. The van der Waals surface area contributed by atoms with E-state index in [1.807, 2.05) is 0 Å². The molecule has 6 heavy (non-hydrogen) atoms. The normalized spacial score (nSPS) is 14.5. The summed E-state index contributed by atoms with van der Waals surface area (Å²) in [5, 5.41) is -1.39. The smallest absolute Gasteiger partial charge is 0.181 e. The summed E-state index contributed by atoms with van der Waals surface area (Å²) >= 11 is 2.40. The van der Waals surface area contributed by atoms with Gasteiger partial charge in [-0.3, -0.25) is 0 Å². The SMILES string of the molecule is FOCC(F)Br. The van der Waals surface area contributed by atoms with E-state index >= 15 is 0 Å². The molecule has 0 aliphatic rings. The molecule has 0 fully saturated rings. The summed E-state index contributed by atoms with van der Waals surface area (Å²) in [6.07, 6.45) is 0. The minimum atomic E-state index is -1.39. The first-order valence-corrected chi connectivity index (χ1v) is 2.20. The van der Waals surface area contributed by atoms with E-state index in [4.69, 9.17) is 0 Å². The lowest BCUT2D eigenvalue weighted by atomic mass is 10.8. The lowest BCUT2D eigenvalue weighted by Gasteiger charge is -1.87. The average Bonchev–Trinajstić information content (AvgIpc) is 1.35. The molecule has 0 spiro atoms. The van der Waals surface area contributed by atoms with E-state index in [1.54, 1.807) is 0 Å². The second kappa shape index (κ2) is 3.49. The Balaban J connectivity index is 2.63. The first-order valence-electron chi connectivity index (χ1n) is 1.29. The Hall–Kier alpha value is 0.300. The van der Waals surface area contributed by atoms with Crippen LogP contribution >= 0.6 is 15.9 Å². The topological polar surface area (TPSA) is 9.23 Å². The molecule has 0 aliphatic carbocycles. The van der Waals surface area contributed by atoms with Gasteiger partial charge in [0.15, 0.2) is 5.08 Å². The minimum Gasteiger partial charge on any atom is -0.232 e. The maximum atomic E-state index is 11.3. The molecule has 0 bridgehead atoms. The van der Waals surface area contributed by atoms with E-state index in [0.29, 0.717) is 0 Å². The molecule has 0 heterocycles. The maximum Gasteiger partial charge on any atom is 0.181 e. The van der Waals surface area contributed by atoms with E-state index in [2.05, 4.69) is 20.9 Å². The molecule has 0 rings (SSSR count). The number of alkyl halides is 2. The Labute approximate surface area is 42.3 Å². The van der Waals surface area contributed by atoms with Crippen LogP contribution in [0.5, 0.6) is 0 Å². The van der Waals surface area contributed by atoms with Crippen molar-refractivity contribution in [3.63, 3.8) is 0 Å². The lowest BCUT2D eigenvalue weighted by molar-refractivity contribution is -0.137. The van der Waals surface area contributed by atoms with Gasteiger partial charge in [-0.1, -0.05) is 0 Å². The summed E-state index contributed by atoms with van der Waals surface area (Å²) in [7, 11) is 0. The van der Waals surface area contributed by atoms with Crippen molar-refractivity contribution in [1.82, 2.24) is 0 Å². The van der Waals surface area contributed by atoms with Gasteiger partial charge in [0.05, 0.1) is 0 Å². The molecule has 0 aromatic heterocycles. The van der Waals surface area contributed by atoms with Crippen LogP contribution in [0, 0.1) is 0 Å². The first-order chi connectivity index (χ1) is 2.77. The van der Waals surface area contributed by atoms with Gasteiger partial charge in [0.25, 0.3) is 0 Å². The Kier molecular flexibility index (Phi) is 3.66. The third-order valence-corrected chi connectivity index (χ3v) is 0.453. The fourth-order valence-corrected chi connectivity index (χ4v) is 0.148. The van der Waals surface area contributed by atoms with Crippen molar-refractivity contribution < 1.29 is 13.9 Å². The molecule has 1 atom stereocenters. The third-order valence-electron chi connectivity index (χ3n) is 0.189. The molecular formula is C2H3BrF2O. The fourth-order valence-electron chi connectivity index (χ4n) is 0.0476. The Bertz CT molecular complexity index is 32.7. The molecular weight excluding hydrogens is 158 g/mol. The van der Waals surface area contributed by atoms with Gasteiger partial charge in [-0.25, -0.2) is 4.39 Å². The summed E-state index contributed by atoms with van der Waals surface area (Å²) in [5.41, 5.74) is 0. The summed E-state index contributed by atoms with van der Waals surface area (Å²) < 4.78 is 21.7. The molecule has 0 saturated carbocycles. The van der Waals surface area contributed by atoms with Gasteiger partial charge in [0.2, 0.25) is 0 Å². The van der Waals surface area contributed by atoms with Crippen LogP contribution in [0.25, 0.3) is 0 Å². The summed E-state index contributed by atoms with van der Waals surface area (Å²) in [4.78, 5) is 2.88. The maximum absolute atomic E-state index is 11.3. The standard InChI is InChI=1S/C2H3BrF2O/c3-2(4)1-6-5/h2H,1H2. The predicted octanol–water partition coefficient (Wildman–Crippen LogP) is 1.58. The summed E-state index contributed by atoms with van der Waals surface area (Å²) in [6.45, 7) is -0.542. The van der Waals surface area contributed by atoms with Crippen molar-refractivity contribution in [3.8, 4) is 0 Å². The van der Waals surface area contributed by atoms with Crippen molar-refractivity contribution >= 4 is 15.9 Å². The van der Waals surface area contributed by atoms with Gasteiger partial charge in [-0.05, 0) is 20.5 Å². The Morgan fingerprint density at radius 2 is 2.33 bits per heavy atom. The Morgan fingerprint density at radius 1 is 1.83 bits per heavy atom. The number of rotatable bonds is 2. The highest BCUT2D eigenvalue weighted by molar-refractivity contribution is 9.09. The van der Waals surface area contributed by atoms with Gasteiger partial charge >= 0.3 is 0 Å². The van der Waals surface area contributed by atoms with Gasteiger partial charge in [0, 0.05) is 0 Å². The molecule has 38 valence electrons. The fraction of sp³-hybridized carbons (Fsp3) is 1.00. The number of hydrogen-bond donors (Lipinski definition) is 0. The summed E-state index contributed by atoms with van der Waals surface area (Å²) in [5.74, 6) is 0. The molecule has 0 N–H and O–H groups in total. The van der Waals surface area contributed by atoms with Gasteiger partial charge in [0.1, 0.15) is 6.61 Å². The third kappa shape index (κ3) is 4.30. The highest BCUT2D eigenvalue weighted by atomic mass is 79.9. The van der Waals surface area contributed by atoms with E-state index in [9.17, 15) is 8.92 Å². The van der Waals surface area contributed by atoms with E-state index < -0.39 is 11.7 Å². The molecule has 4 heteroatoms. The molecule has 0 aromatic carbocycles. The van der Waals surface area contributed by atoms with Crippen LogP contribution in [0.2, 0.25) is 0 Å². The zero-order chi connectivity index (χ0) is 4.99. The molecule has 0 amide bonds. The highest BCUT2D eigenvalue weighted by Gasteiger charge is 1.96. The van der Waals surface area contributed by atoms with Crippen molar-refractivity contribution in [3.05, 3.63) is 0 Å².